The summed E-state index contributed by atoms with van der Waals surface area (Å²) in [5.41, 5.74) is 1.98. The maximum atomic E-state index is 11.9. The lowest BCUT2D eigenvalue weighted by molar-refractivity contribution is -0.117. The van der Waals surface area contributed by atoms with Gasteiger partial charge in [0.25, 0.3) is 0 Å². The van der Waals surface area contributed by atoms with Crippen LogP contribution < -0.4 is 0 Å². The number of rotatable bonds is 3. The molecule has 0 unspecified atom stereocenters. The summed E-state index contributed by atoms with van der Waals surface area (Å²) in [5, 5.41) is 0. The second-order valence-corrected chi connectivity index (χ2v) is 5.40. The molecule has 0 N–H and O–H groups in total. The van der Waals surface area contributed by atoms with Crippen molar-refractivity contribution >= 4 is 11.9 Å². The van der Waals surface area contributed by atoms with Crippen molar-refractivity contribution < 1.29 is 4.79 Å². The van der Waals surface area contributed by atoms with E-state index in [1.54, 1.807) is 0 Å². The quantitative estimate of drug-likeness (QED) is 0.695. The standard InChI is InChI=1S/C15H20O/c1-12(14(16)11-15(2,3)4)10-13-8-6-5-7-9-13/h5-10H,11H2,1-4H3/b12-10+. The number of carbonyl (C=O) groups is 1. The Labute approximate surface area is 98.2 Å². The number of hydrogen-bond acceptors (Lipinski definition) is 1. The Bertz CT molecular complexity index is 380. The largest absolute Gasteiger partial charge is 0.295 e. The van der Waals surface area contributed by atoms with Crippen molar-refractivity contribution in [2.45, 2.75) is 34.1 Å². The molecule has 0 bridgehead atoms. The Balaban J connectivity index is 2.75. The molecule has 0 radical (unpaired) electrons. The van der Waals surface area contributed by atoms with Gasteiger partial charge in [0.05, 0.1) is 0 Å². The minimum atomic E-state index is 0.0584. The van der Waals surface area contributed by atoms with Crippen LogP contribution in [0.3, 0.4) is 0 Å². The fourth-order valence-corrected chi connectivity index (χ4v) is 1.50. The lowest BCUT2D eigenvalue weighted by atomic mass is 9.88. The number of carbonyl (C=O) groups excluding carboxylic acids is 1. The van der Waals surface area contributed by atoms with Crippen molar-refractivity contribution in [1.29, 1.82) is 0 Å². The summed E-state index contributed by atoms with van der Waals surface area (Å²) in [6.07, 6.45) is 2.55. The Morgan fingerprint density at radius 3 is 2.25 bits per heavy atom. The third kappa shape index (κ3) is 4.43. The first-order chi connectivity index (χ1) is 7.38. The Morgan fingerprint density at radius 2 is 1.75 bits per heavy atom. The van der Waals surface area contributed by atoms with E-state index in [2.05, 4.69) is 20.8 Å². The van der Waals surface area contributed by atoms with E-state index >= 15 is 0 Å². The summed E-state index contributed by atoms with van der Waals surface area (Å²) >= 11 is 0. The van der Waals surface area contributed by atoms with Crippen LogP contribution in [-0.2, 0) is 4.79 Å². The van der Waals surface area contributed by atoms with E-state index in [0.717, 1.165) is 11.1 Å². The van der Waals surface area contributed by atoms with Crippen LogP contribution in [0.2, 0.25) is 0 Å². The smallest absolute Gasteiger partial charge is 0.159 e. The van der Waals surface area contributed by atoms with Crippen molar-refractivity contribution in [3.05, 3.63) is 41.5 Å². The molecule has 0 heterocycles. The van der Waals surface area contributed by atoms with E-state index in [9.17, 15) is 4.79 Å². The van der Waals surface area contributed by atoms with Gasteiger partial charge in [0.2, 0.25) is 0 Å². The van der Waals surface area contributed by atoms with Crippen molar-refractivity contribution in [2.75, 3.05) is 0 Å². The molecular formula is C15H20O. The van der Waals surface area contributed by atoms with Gasteiger partial charge in [-0.25, -0.2) is 0 Å². The van der Waals surface area contributed by atoms with E-state index < -0.39 is 0 Å². The number of ketones is 1. The van der Waals surface area contributed by atoms with Gasteiger partial charge in [0.1, 0.15) is 0 Å². The van der Waals surface area contributed by atoms with Gasteiger partial charge in [-0.05, 0) is 29.6 Å². The molecule has 0 spiro atoms. The molecule has 0 saturated carbocycles. The number of Topliss-reactive ketones (excluding diaryl/α,β-unsaturated/α-hetero) is 1. The molecule has 0 aliphatic heterocycles. The summed E-state index contributed by atoms with van der Waals surface area (Å²) in [5.74, 6) is 0.233. The Kier molecular flexibility index (Phi) is 4.05. The summed E-state index contributed by atoms with van der Waals surface area (Å²) in [7, 11) is 0. The first-order valence-electron chi connectivity index (χ1n) is 5.65. The third-order valence-corrected chi connectivity index (χ3v) is 2.31. The summed E-state index contributed by atoms with van der Waals surface area (Å²) in [4.78, 5) is 11.9. The van der Waals surface area contributed by atoms with Crippen LogP contribution in [0.25, 0.3) is 6.08 Å². The molecule has 0 fully saturated rings. The van der Waals surface area contributed by atoms with Gasteiger partial charge in [-0.15, -0.1) is 0 Å². The van der Waals surface area contributed by atoms with Crippen LogP contribution in [0.15, 0.2) is 35.9 Å². The highest BCUT2D eigenvalue weighted by molar-refractivity contribution is 5.99. The monoisotopic (exact) mass is 216 g/mol. The highest BCUT2D eigenvalue weighted by atomic mass is 16.1. The normalized spacial score (nSPS) is 12.6. The molecule has 1 aromatic rings. The number of benzene rings is 1. The van der Waals surface area contributed by atoms with Crippen LogP contribution in [0, 0.1) is 5.41 Å². The number of allylic oxidation sites excluding steroid dienone is 1. The van der Waals surface area contributed by atoms with E-state index in [-0.39, 0.29) is 11.2 Å². The van der Waals surface area contributed by atoms with Crippen molar-refractivity contribution in [3.63, 3.8) is 0 Å². The molecule has 0 aromatic heterocycles. The van der Waals surface area contributed by atoms with E-state index in [4.69, 9.17) is 0 Å². The molecule has 1 rings (SSSR count). The van der Waals surface area contributed by atoms with Gasteiger partial charge >= 0.3 is 0 Å². The summed E-state index contributed by atoms with van der Waals surface area (Å²) in [6, 6.07) is 9.95. The second-order valence-electron chi connectivity index (χ2n) is 5.40. The number of hydrogen-bond donors (Lipinski definition) is 0. The minimum absolute atomic E-state index is 0.0584. The molecule has 0 aliphatic carbocycles. The maximum absolute atomic E-state index is 11.9. The first kappa shape index (κ1) is 12.7. The van der Waals surface area contributed by atoms with Crippen molar-refractivity contribution in [2.24, 2.45) is 5.41 Å². The zero-order valence-corrected chi connectivity index (χ0v) is 10.6. The Hall–Kier alpha value is -1.37. The topological polar surface area (TPSA) is 17.1 Å². The molecule has 1 heteroatoms. The van der Waals surface area contributed by atoms with E-state index in [1.807, 2.05) is 43.3 Å². The van der Waals surface area contributed by atoms with Gasteiger partial charge in [0.15, 0.2) is 5.78 Å². The molecular weight excluding hydrogens is 196 g/mol. The summed E-state index contributed by atoms with van der Waals surface area (Å²) in [6.45, 7) is 8.14. The molecule has 0 amide bonds. The first-order valence-corrected chi connectivity index (χ1v) is 5.65. The van der Waals surface area contributed by atoms with Crippen LogP contribution >= 0.6 is 0 Å². The van der Waals surface area contributed by atoms with Crippen LogP contribution in [-0.4, -0.2) is 5.78 Å². The molecule has 1 nitrogen and oxygen atoms in total. The molecule has 0 atom stereocenters. The van der Waals surface area contributed by atoms with E-state index in [0.29, 0.717) is 6.42 Å². The van der Waals surface area contributed by atoms with Gasteiger partial charge in [0, 0.05) is 6.42 Å². The predicted molar refractivity (Wildman–Crippen MR) is 69.2 cm³/mol. The van der Waals surface area contributed by atoms with Crippen LogP contribution in [0.4, 0.5) is 0 Å². The molecule has 16 heavy (non-hydrogen) atoms. The van der Waals surface area contributed by atoms with Crippen LogP contribution in [0.1, 0.15) is 39.7 Å². The average molecular weight is 216 g/mol. The zero-order valence-electron chi connectivity index (χ0n) is 10.6. The Morgan fingerprint density at radius 1 is 1.19 bits per heavy atom. The fourth-order valence-electron chi connectivity index (χ4n) is 1.50. The SMILES string of the molecule is C/C(=C\c1ccccc1)C(=O)CC(C)(C)C. The molecule has 1 aromatic carbocycles. The third-order valence-electron chi connectivity index (χ3n) is 2.31. The van der Waals surface area contributed by atoms with Gasteiger partial charge in [-0.1, -0.05) is 51.1 Å². The van der Waals surface area contributed by atoms with Crippen molar-refractivity contribution in [3.8, 4) is 0 Å². The highest BCUT2D eigenvalue weighted by Gasteiger charge is 2.16. The average Bonchev–Trinajstić information content (AvgIpc) is 2.16. The van der Waals surface area contributed by atoms with Gasteiger partial charge < -0.3 is 0 Å². The van der Waals surface area contributed by atoms with Crippen molar-refractivity contribution in [1.82, 2.24) is 0 Å². The lowest BCUT2D eigenvalue weighted by Gasteiger charge is -2.16. The predicted octanol–water partition coefficient (Wildman–Crippen LogP) is 4.10. The summed E-state index contributed by atoms with van der Waals surface area (Å²) < 4.78 is 0. The fraction of sp³-hybridized carbons (Fsp3) is 0.400. The highest BCUT2D eigenvalue weighted by Crippen LogP contribution is 2.21. The minimum Gasteiger partial charge on any atom is -0.295 e. The maximum Gasteiger partial charge on any atom is 0.159 e. The molecule has 0 aliphatic rings. The van der Waals surface area contributed by atoms with Gasteiger partial charge in [-0.3, -0.25) is 4.79 Å². The molecule has 86 valence electrons. The van der Waals surface area contributed by atoms with Crippen LogP contribution in [0.5, 0.6) is 0 Å². The second kappa shape index (κ2) is 5.11. The van der Waals surface area contributed by atoms with E-state index in [1.165, 1.54) is 0 Å². The zero-order chi connectivity index (χ0) is 12.2. The van der Waals surface area contributed by atoms with Gasteiger partial charge in [-0.2, -0.15) is 0 Å². The molecule has 0 saturated heterocycles. The lowest BCUT2D eigenvalue weighted by Crippen LogP contribution is -2.13.